The standard InChI is InChI=1S/C15H22N2O/c1-16-13-6-8-17(9-7-13)11-14-10-12-4-2-3-5-15(12)18-14/h2-5,13-14,16H,6-11H2,1H3. The predicted molar refractivity (Wildman–Crippen MR) is 73.1 cm³/mol. The average Bonchev–Trinajstić information content (AvgIpc) is 2.82. The number of hydrogen-bond acceptors (Lipinski definition) is 3. The first-order valence-corrected chi connectivity index (χ1v) is 6.99. The van der Waals surface area contributed by atoms with Crippen molar-refractivity contribution in [3.8, 4) is 5.75 Å². The number of nitrogens with zero attached hydrogens (tertiary/aromatic N) is 1. The van der Waals surface area contributed by atoms with E-state index in [-0.39, 0.29) is 0 Å². The van der Waals surface area contributed by atoms with Gasteiger partial charge in [0.2, 0.25) is 0 Å². The molecule has 0 saturated carbocycles. The molecule has 2 heterocycles. The van der Waals surface area contributed by atoms with Gasteiger partial charge >= 0.3 is 0 Å². The Morgan fingerprint density at radius 2 is 2.06 bits per heavy atom. The molecule has 3 nitrogen and oxygen atoms in total. The fourth-order valence-electron chi connectivity index (χ4n) is 3.05. The van der Waals surface area contributed by atoms with E-state index in [1.807, 2.05) is 0 Å². The maximum Gasteiger partial charge on any atom is 0.123 e. The van der Waals surface area contributed by atoms with Crippen molar-refractivity contribution in [2.75, 3.05) is 26.7 Å². The Labute approximate surface area is 109 Å². The Bertz CT molecular complexity index is 374. The smallest absolute Gasteiger partial charge is 0.123 e. The highest BCUT2D eigenvalue weighted by atomic mass is 16.5. The van der Waals surface area contributed by atoms with Gasteiger partial charge in [-0.05, 0) is 44.6 Å². The summed E-state index contributed by atoms with van der Waals surface area (Å²) < 4.78 is 6.01. The zero-order chi connectivity index (χ0) is 12.4. The van der Waals surface area contributed by atoms with Crippen LogP contribution in [0, 0.1) is 0 Å². The fraction of sp³-hybridized carbons (Fsp3) is 0.600. The molecule has 0 aliphatic carbocycles. The zero-order valence-corrected chi connectivity index (χ0v) is 11.1. The van der Waals surface area contributed by atoms with Crippen molar-refractivity contribution < 1.29 is 4.74 Å². The van der Waals surface area contributed by atoms with Gasteiger partial charge in [0.1, 0.15) is 11.9 Å². The SMILES string of the molecule is CNC1CCN(CC2Cc3ccccc3O2)CC1. The normalized spacial score (nSPS) is 24.8. The van der Waals surface area contributed by atoms with Gasteiger partial charge in [-0.3, -0.25) is 4.90 Å². The first-order chi connectivity index (χ1) is 8.85. The summed E-state index contributed by atoms with van der Waals surface area (Å²) in [5.41, 5.74) is 1.37. The molecule has 1 aromatic rings. The van der Waals surface area contributed by atoms with Gasteiger partial charge in [-0.1, -0.05) is 18.2 Å². The second-order valence-corrected chi connectivity index (χ2v) is 5.42. The van der Waals surface area contributed by atoms with Crippen molar-refractivity contribution in [1.82, 2.24) is 10.2 Å². The van der Waals surface area contributed by atoms with Crippen LogP contribution in [0.2, 0.25) is 0 Å². The molecule has 98 valence electrons. The van der Waals surface area contributed by atoms with Gasteiger partial charge in [-0.15, -0.1) is 0 Å². The monoisotopic (exact) mass is 246 g/mol. The summed E-state index contributed by atoms with van der Waals surface area (Å²) in [5, 5.41) is 3.37. The van der Waals surface area contributed by atoms with Crippen molar-refractivity contribution in [3.63, 3.8) is 0 Å². The molecule has 2 aliphatic heterocycles. The quantitative estimate of drug-likeness (QED) is 0.878. The van der Waals surface area contributed by atoms with Gasteiger partial charge in [-0.2, -0.15) is 0 Å². The molecular weight excluding hydrogens is 224 g/mol. The van der Waals surface area contributed by atoms with Gasteiger partial charge in [0.15, 0.2) is 0 Å². The molecule has 1 aromatic carbocycles. The lowest BCUT2D eigenvalue weighted by Crippen LogP contribution is -2.44. The number of piperidine rings is 1. The van der Waals surface area contributed by atoms with E-state index in [9.17, 15) is 0 Å². The average molecular weight is 246 g/mol. The van der Waals surface area contributed by atoms with Crippen molar-refractivity contribution in [3.05, 3.63) is 29.8 Å². The molecule has 3 heteroatoms. The number of nitrogens with one attached hydrogen (secondary N) is 1. The van der Waals surface area contributed by atoms with Crippen LogP contribution >= 0.6 is 0 Å². The van der Waals surface area contributed by atoms with Crippen LogP contribution in [-0.4, -0.2) is 43.7 Å². The molecule has 0 amide bonds. The number of hydrogen-bond donors (Lipinski definition) is 1. The van der Waals surface area contributed by atoms with E-state index >= 15 is 0 Å². The molecule has 0 aromatic heterocycles. The van der Waals surface area contributed by atoms with E-state index in [0.717, 1.165) is 18.7 Å². The lowest BCUT2D eigenvalue weighted by Gasteiger charge is -2.33. The molecule has 1 N–H and O–H groups in total. The number of likely N-dealkylation sites (tertiary alicyclic amines) is 1. The lowest BCUT2D eigenvalue weighted by molar-refractivity contribution is 0.125. The van der Waals surface area contributed by atoms with Crippen LogP contribution in [0.5, 0.6) is 5.75 Å². The maximum atomic E-state index is 6.01. The minimum Gasteiger partial charge on any atom is -0.488 e. The third kappa shape index (κ3) is 2.52. The Morgan fingerprint density at radius 3 is 2.78 bits per heavy atom. The van der Waals surface area contributed by atoms with Crippen LogP contribution in [0.25, 0.3) is 0 Å². The lowest BCUT2D eigenvalue weighted by atomic mass is 10.0. The molecule has 1 atom stereocenters. The predicted octanol–water partition coefficient (Wildman–Crippen LogP) is 1.67. The second kappa shape index (κ2) is 5.29. The third-order valence-electron chi connectivity index (χ3n) is 4.17. The van der Waals surface area contributed by atoms with Crippen molar-refractivity contribution in [2.45, 2.75) is 31.4 Å². The van der Waals surface area contributed by atoms with Gasteiger partial charge in [0, 0.05) is 19.0 Å². The minimum absolute atomic E-state index is 0.355. The summed E-state index contributed by atoms with van der Waals surface area (Å²) in [6.07, 6.45) is 3.95. The second-order valence-electron chi connectivity index (χ2n) is 5.42. The van der Waals surface area contributed by atoms with Gasteiger partial charge in [0.25, 0.3) is 0 Å². The number of benzene rings is 1. The molecule has 18 heavy (non-hydrogen) atoms. The Kier molecular flexibility index (Phi) is 3.52. The third-order valence-corrected chi connectivity index (χ3v) is 4.17. The Hall–Kier alpha value is -1.06. The van der Waals surface area contributed by atoms with Crippen LogP contribution in [0.4, 0.5) is 0 Å². The molecule has 0 spiro atoms. The number of para-hydroxylation sites is 1. The number of ether oxygens (including phenoxy) is 1. The van der Waals surface area contributed by atoms with Crippen LogP contribution in [0.3, 0.4) is 0 Å². The number of fused-ring (bicyclic) bond motifs is 1. The summed E-state index contributed by atoms with van der Waals surface area (Å²) >= 11 is 0. The fourth-order valence-corrected chi connectivity index (χ4v) is 3.05. The number of rotatable bonds is 3. The van der Waals surface area contributed by atoms with Crippen LogP contribution in [0.15, 0.2) is 24.3 Å². The van der Waals surface area contributed by atoms with Crippen molar-refractivity contribution >= 4 is 0 Å². The van der Waals surface area contributed by atoms with E-state index in [4.69, 9.17) is 4.74 Å². The van der Waals surface area contributed by atoms with Crippen LogP contribution in [-0.2, 0) is 6.42 Å². The molecule has 1 fully saturated rings. The molecule has 0 radical (unpaired) electrons. The van der Waals surface area contributed by atoms with Crippen LogP contribution in [0.1, 0.15) is 18.4 Å². The maximum absolute atomic E-state index is 6.01. The van der Waals surface area contributed by atoms with E-state index in [1.54, 1.807) is 0 Å². The summed E-state index contributed by atoms with van der Waals surface area (Å²) in [7, 11) is 2.07. The molecule has 1 unspecified atom stereocenters. The summed E-state index contributed by atoms with van der Waals surface area (Å²) in [6, 6.07) is 9.14. The largest absolute Gasteiger partial charge is 0.488 e. The van der Waals surface area contributed by atoms with Gasteiger partial charge < -0.3 is 10.1 Å². The molecule has 3 rings (SSSR count). The summed E-state index contributed by atoms with van der Waals surface area (Å²) in [6.45, 7) is 3.47. The van der Waals surface area contributed by atoms with E-state index < -0.39 is 0 Å². The Balaban J connectivity index is 1.51. The highest BCUT2D eigenvalue weighted by molar-refractivity contribution is 5.37. The van der Waals surface area contributed by atoms with E-state index in [0.29, 0.717) is 12.1 Å². The summed E-state index contributed by atoms with van der Waals surface area (Å²) in [4.78, 5) is 2.55. The molecule has 2 aliphatic rings. The minimum atomic E-state index is 0.355. The van der Waals surface area contributed by atoms with Gasteiger partial charge in [-0.25, -0.2) is 0 Å². The molecular formula is C15H22N2O. The van der Waals surface area contributed by atoms with Gasteiger partial charge in [0.05, 0.1) is 0 Å². The zero-order valence-electron chi connectivity index (χ0n) is 11.1. The van der Waals surface area contributed by atoms with Crippen molar-refractivity contribution in [2.24, 2.45) is 0 Å². The van der Waals surface area contributed by atoms with Crippen LogP contribution < -0.4 is 10.1 Å². The first kappa shape index (κ1) is 12.0. The molecule has 1 saturated heterocycles. The Morgan fingerprint density at radius 1 is 1.28 bits per heavy atom. The summed E-state index contributed by atoms with van der Waals surface area (Å²) in [5.74, 6) is 1.09. The van der Waals surface area contributed by atoms with E-state index in [2.05, 4.69) is 41.5 Å². The first-order valence-electron chi connectivity index (χ1n) is 6.99. The highest BCUT2D eigenvalue weighted by Gasteiger charge is 2.26. The van der Waals surface area contributed by atoms with Crippen molar-refractivity contribution in [1.29, 1.82) is 0 Å². The molecule has 0 bridgehead atoms. The highest BCUT2D eigenvalue weighted by Crippen LogP contribution is 2.28. The van der Waals surface area contributed by atoms with E-state index in [1.165, 1.54) is 31.5 Å². The topological polar surface area (TPSA) is 24.5 Å².